The second-order valence-corrected chi connectivity index (χ2v) is 5.03. The number of rotatable bonds is 5. The fraction of sp³-hybridized carbons (Fsp3) is 0.438. The molecule has 0 bridgehead atoms. The molecular weight excluding hydrogens is 256 g/mol. The Labute approximate surface area is 119 Å². The Morgan fingerprint density at radius 2 is 2.05 bits per heavy atom. The zero-order valence-corrected chi connectivity index (χ0v) is 11.7. The van der Waals surface area contributed by atoms with Gasteiger partial charge in [0, 0.05) is 11.6 Å². The zero-order valence-electron chi connectivity index (χ0n) is 11.7. The van der Waals surface area contributed by atoms with E-state index in [1.54, 1.807) is 0 Å². The lowest BCUT2D eigenvalue weighted by Gasteiger charge is -2.38. The Hall–Kier alpha value is -1.65. The highest BCUT2D eigenvalue weighted by molar-refractivity contribution is 5.81. The summed E-state index contributed by atoms with van der Waals surface area (Å²) < 4.78 is 16.7. The van der Waals surface area contributed by atoms with Gasteiger partial charge in [-0.3, -0.25) is 0 Å². The number of hydrogen-bond acceptors (Lipinski definition) is 4. The molecule has 108 valence electrons. The van der Waals surface area contributed by atoms with Crippen LogP contribution in [0, 0.1) is 5.41 Å². The van der Waals surface area contributed by atoms with Crippen LogP contribution in [0.3, 0.4) is 0 Å². The van der Waals surface area contributed by atoms with E-state index in [9.17, 15) is 4.79 Å². The smallest absolute Gasteiger partial charge is 0.330 e. The van der Waals surface area contributed by atoms with Gasteiger partial charge in [-0.25, -0.2) is 4.79 Å². The van der Waals surface area contributed by atoms with Gasteiger partial charge in [-0.2, -0.15) is 0 Å². The first-order valence-corrected chi connectivity index (χ1v) is 6.76. The third-order valence-corrected chi connectivity index (χ3v) is 3.59. The molecule has 4 heteroatoms. The fourth-order valence-corrected chi connectivity index (χ4v) is 2.07. The molecule has 1 aromatic carbocycles. The molecule has 1 fully saturated rings. The lowest BCUT2D eigenvalue weighted by atomic mass is 9.87. The number of carbonyl (C=O) groups excluding carboxylic acids is 1. The highest BCUT2D eigenvalue weighted by Gasteiger charge is 2.37. The first kappa shape index (κ1) is 14.8. The second-order valence-electron chi connectivity index (χ2n) is 5.03. The minimum atomic E-state index is -0.414. The summed E-state index contributed by atoms with van der Waals surface area (Å²) in [6, 6.07) is 9.81. The van der Waals surface area contributed by atoms with Gasteiger partial charge < -0.3 is 14.2 Å². The SMILES string of the molecule is C=CC(=O)OCC1(CC)COC(c2ccccc2)OC1. The average molecular weight is 276 g/mol. The Morgan fingerprint density at radius 3 is 2.60 bits per heavy atom. The summed E-state index contributed by atoms with van der Waals surface area (Å²) in [4.78, 5) is 11.2. The summed E-state index contributed by atoms with van der Waals surface area (Å²) in [5.74, 6) is -0.414. The molecule has 0 atom stereocenters. The molecule has 0 radical (unpaired) electrons. The van der Waals surface area contributed by atoms with Gasteiger partial charge >= 0.3 is 5.97 Å². The summed E-state index contributed by atoms with van der Waals surface area (Å²) in [7, 11) is 0. The summed E-state index contributed by atoms with van der Waals surface area (Å²) in [5, 5.41) is 0. The Bertz CT molecular complexity index is 447. The molecular formula is C16H20O4. The van der Waals surface area contributed by atoms with Crippen molar-refractivity contribution in [2.24, 2.45) is 5.41 Å². The first-order chi connectivity index (χ1) is 9.69. The lowest BCUT2D eigenvalue weighted by molar-refractivity contribution is -0.243. The van der Waals surface area contributed by atoms with Crippen molar-refractivity contribution in [1.29, 1.82) is 0 Å². The highest BCUT2D eigenvalue weighted by Crippen LogP contribution is 2.34. The molecule has 4 nitrogen and oxygen atoms in total. The number of hydrogen-bond donors (Lipinski definition) is 0. The fourth-order valence-electron chi connectivity index (χ4n) is 2.07. The summed E-state index contributed by atoms with van der Waals surface area (Å²) >= 11 is 0. The molecule has 1 aromatic rings. The van der Waals surface area contributed by atoms with Gasteiger partial charge in [0.2, 0.25) is 0 Å². The van der Waals surface area contributed by atoms with Crippen LogP contribution in [0.4, 0.5) is 0 Å². The molecule has 0 unspecified atom stereocenters. The van der Waals surface area contributed by atoms with Crippen molar-refractivity contribution in [3.63, 3.8) is 0 Å². The van der Waals surface area contributed by atoms with Crippen molar-refractivity contribution in [3.8, 4) is 0 Å². The number of benzene rings is 1. The topological polar surface area (TPSA) is 44.8 Å². The standard InChI is InChI=1S/C16H20O4/c1-3-14(17)18-10-16(4-2)11-19-15(20-12-16)13-8-6-5-7-9-13/h3,5-9,15H,1,4,10-12H2,2H3. The van der Waals surface area contributed by atoms with Crippen LogP contribution in [0.5, 0.6) is 0 Å². The lowest BCUT2D eigenvalue weighted by Crippen LogP contribution is -2.42. The molecule has 0 saturated carbocycles. The van der Waals surface area contributed by atoms with Crippen molar-refractivity contribution in [1.82, 2.24) is 0 Å². The molecule has 0 aromatic heterocycles. The minimum absolute atomic E-state index is 0.274. The average Bonchev–Trinajstić information content (AvgIpc) is 2.54. The quantitative estimate of drug-likeness (QED) is 0.613. The monoisotopic (exact) mass is 276 g/mol. The largest absolute Gasteiger partial charge is 0.462 e. The van der Waals surface area contributed by atoms with Crippen molar-refractivity contribution < 1.29 is 19.0 Å². The molecule has 1 heterocycles. The summed E-state index contributed by atoms with van der Waals surface area (Å²) in [6.45, 7) is 6.73. The molecule has 20 heavy (non-hydrogen) atoms. The highest BCUT2D eigenvalue weighted by atomic mass is 16.7. The summed E-state index contributed by atoms with van der Waals surface area (Å²) in [5.41, 5.74) is 0.726. The molecule has 0 amide bonds. The molecule has 1 aliphatic rings. The van der Waals surface area contributed by atoms with E-state index >= 15 is 0 Å². The Balaban J connectivity index is 1.93. The van der Waals surface area contributed by atoms with Crippen LogP contribution in [0.15, 0.2) is 43.0 Å². The van der Waals surface area contributed by atoms with Crippen LogP contribution < -0.4 is 0 Å². The first-order valence-electron chi connectivity index (χ1n) is 6.76. The third-order valence-electron chi connectivity index (χ3n) is 3.59. The van der Waals surface area contributed by atoms with Gasteiger partial charge in [0.15, 0.2) is 6.29 Å². The molecule has 1 saturated heterocycles. The number of esters is 1. The Morgan fingerprint density at radius 1 is 1.40 bits per heavy atom. The van der Waals surface area contributed by atoms with E-state index in [2.05, 4.69) is 6.58 Å². The van der Waals surface area contributed by atoms with Gasteiger partial charge in [-0.15, -0.1) is 0 Å². The van der Waals surface area contributed by atoms with E-state index in [0.717, 1.165) is 12.0 Å². The molecule has 0 spiro atoms. The van der Waals surface area contributed by atoms with Crippen LogP contribution in [0.1, 0.15) is 25.2 Å². The predicted molar refractivity (Wildman–Crippen MR) is 75.0 cm³/mol. The van der Waals surface area contributed by atoms with E-state index in [0.29, 0.717) is 13.2 Å². The molecule has 0 N–H and O–H groups in total. The maximum absolute atomic E-state index is 11.2. The van der Waals surface area contributed by atoms with Crippen molar-refractivity contribution in [3.05, 3.63) is 48.6 Å². The van der Waals surface area contributed by atoms with Crippen LogP contribution in [0.2, 0.25) is 0 Å². The van der Waals surface area contributed by atoms with Crippen molar-refractivity contribution in [2.45, 2.75) is 19.6 Å². The van der Waals surface area contributed by atoms with Crippen LogP contribution >= 0.6 is 0 Å². The molecule has 0 aliphatic carbocycles. The minimum Gasteiger partial charge on any atom is -0.462 e. The second kappa shape index (κ2) is 6.68. The van der Waals surface area contributed by atoms with E-state index in [-0.39, 0.29) is 18.3 Å². The van der Waals surface area contributed by atoms with Crippen molar-refractivity contribution >= 4 is 5.97 Å². The van der Waals surface area contributed by atoms with Crippen molar-refractivity contribution in [2.75, 3.05) is 19.8 Å². The predicted octanol–water partition coefficient (Wildman–Crippen LogP) is 2.86. The van der Waals surface area contributed by atoms with Crippen LogP contribution in [-0.2, 0) is 19.0 Å². The van der Waals surface area contributed by atoms with Crippen LogP contribution in [0.25, 0.3) is 0 Å². The van der Waals surface area contributed by atoms with E-state index in [4.69, 9.17) is 14.2 Å². The van der Waals surface area contributed by atoms with E-state index in [1.165, 1.54) is 6.08 Å². The van der Waals surface area contributed by atoms with Gasteiger partial charge in [-0.05, 0) is 6.42 Å². The maximum Gasteiger partial charge on any atom is 0.330 e. The maximum atomic E-state index is 11.2. The third kappa shape index (κ3) is 3.46. The van der Waals surface area contributed by atoms with Gasteiger partial charge in [0.05, 0.1) is 18.6 Å². The van der Waals surface area contributed by atoms with E-state index in [1.807, 2.05) is 37.3 Å². The van der Waals surface area contributed by atoms with Gasteiger partial charge in [-0.1, -0.05) is 43.8 Å². The normalized spacial score (nSPS) is 25.9. The summed E-state index contributed by atoms with van der Waals surface area (Å²) in [6.07, 6.45) is 1.64. The number of carbonyl (C=O) groups is 1. The zero-order chi connectivity index (χ0) is 14.4. The van der Waals surface area contributed by atoms with E-state index < -0.39 is 5.97 Å². The van der Waals surface area contributed by atoms with Gasteiger partial charge in [0.1, 0.15) is 6.61 Å². The molecule has 1 aliphatic heterocycles. The molecule has 2 rings (SSSR count). The number of ether oxygens (including phenoxy) is 3. The Kier molecular flexibility index (Phi) is 4.93. The van der Waals surface area contributed by atoms with Crippen LogP contribution in [-0.4, -0.2) is 25.8 Å². The van der Waals surface area contributed by atoms with Gasteiger partial charge in [0.25, 0.3) is 0 Å².